The van der Waals surface area contributed by atoms with E-state index in [1.165, 1.54) is 11.1 Å². The van der Waals surface area contributed by atoms with Crippen molar-refractivity contribution >= 4 is 23.5 Å². The molecule has 1 aliphatic rings. The fourth-order valence-corrected chi connectivity index (χ4v) is 3.03. The molecule has 0 fully saturated rings. The highest BCUT2D eigenvalue weighted by Crippen LogP contribution is 2.31. The molecule has 0 aliphatic heterocycles. The number of rotatable bonds is 5. The Labute approximate surface area is 161 Å². The van der Waals surface area contributed by atoms with Crippen LogP contribution in [0.15, 0.2) is 65.5 Å². The van der Waals surface area contributed by atoms with E-state index in [1.807, 2.05) is 43.3 Å². The summed E-state index contributed by atoms with van der Waals surface area (Å²) in [6.07, 6.45) is 15.9. The monoisotopic (exact) mass is 370 g/mol. The lowest BCUT2D eigenvalue weighted by molar-refractivity contribution is 0.643. The zero-order chi connectivity index (χ0) is 18.9. The van der Waals surface area contributed by atoms with Crippen LogP contribution in [-0.2, 0) is 6.42 Å². The second-order valence-corrected chi connectivity index (χ2v) is 6.91. The molecule has 138 valence electrons. The van der Waals surface area contributed by atoms with Gasteiger partial charge in [0, 0.05) is 25.3 Å². The Morgan fingerprint density at radius 3 is 2.81 bits per heavy atom. The van der Waals surface area contributed by atoms with E-state index in [0.717, 1.165) is 35.4 Å². The van der Waals surface area contributed by atoms with Gasteiger partial charge in [-0.2, -0.15) is 0 Å². The molecule has 1 atom stereocenters. The van der Waals surface area contributed by atoms with Gasteiger partial charge < -0.3 is 16.4 Å². The first-order valence-corrected chi connectivity index (χ1v) is 9.06. The van der Waals surface area contributed by atoms with Crippen molar-refractivity contribution in [2.45, 2.75) is 25.3 Å². The largest absolute Gasteiger partial charge is 0.405 e. The molecule has 1 aliphatic carbocycles. The molecule has 0 aromatic heterocycles. The minimum Gasteiger partial charge on any atom is -0.405 e. The Bertz CT molecular complexity index is 757. The first kappa shape index (κ1) is 20.0. The van der Waals surface area contributed by atoms with Gasteiger partial charge in [-0.05, 0) is 66.4 Å². The van der Waals surface area contributed by atoms with Crippen molar-refractivity contribution in [1.82, 2.24) is 4.90 Å². The van der Waals surface area contributed by atoms with Crippen LogP contribution in [0.2, 0.25) is 5.02 Å². The first-order valence-electron chi connectivity index (χ1n) is 8.68. The third-order valence-corrected chi connectivity index (χ3v) is 4.40. The smallest absolute Gasteiger partial charge is 0.0899 e. The third kappa shape index (κ3) is 5.90. The molecule has 0 spiro atoms. The average molecular weight is 371 g/mol. The Balaban J connectivity index is 2.36. The zero-order valence-corrected chi connectivity index (χ0v) is 16.2. The van der Waals surface area contributed by atoms with Gasteiger partial charge in [-0.1, -0.05) is 35.4 Å². The van der Waals surface area contributed by atoms with E-state index in [-0.39, 0.29) is 6.04 Å². The minimum absolute atomic E-state index is 0.254. The number of aliphatic imine (C=N–C) groups is 1. The molecule has 26 heavy (non-hydrogen) atoms. The van der Waals surface area contributed by atoms with Gasteiger partial charge in [-0.25, -0.2) is 4.99 Å². The van der Waals surface area contributed by atoms with Crippen molar-refractivity contribution in [1.29, 1.82) is 0 Å². The lowest BCUT2D eigenvalue weighted by Gasteiger charge is -2.21. The number of fused-ring (bicyclic) bond motifs is 1. The zero-order valence-electron chi connectivity index (χ0n) is 15.4. The van der Waals surface area contributed by atoms with Crippen LogP contribution in [0.25, 0.3) is 5.57 Å². The first-order chi connectivity index (χ1) is 12.5. The summed E-state index contributed by atoms with van der Waals surface area (Å²) in [6, 6.07) is 5.78. The Hall–Kier alpha value is -2.30. The predicted octanol–water partition coefficient (Wildman–Crippen LogP) is 3.89. The molecular formula is C21H27ClN4. The van der Waals surface area contributed by atoms with Crippen LogP contribution in [0.1, 0.15) is 24.0 Å². The quantitative estimate of drug-likeness (QED) is 0.610. The number of allylic oxidation sites excluding steroid dienone is 4. The summed E-state index contributed by atoms with van der Waals surface area (Å²) < 4.78 is 0. The van der Waals surface area contributed by atoms with E-state index < -0.39 is 0 Å². The molecule has 1 aromatic rings. The van der Waals surface area contributed by atoms with Crippen molar-refractivity contribution in [2.24, 2.45) is 16.5 Å². The molecule has 0 unspecified atom stereocenters. The summed E-state index contributed by atoms with van der Waals surface area (Å²) in [5.74, 6) is 0. The highest BCUT2D eigenvalue weighted by molar-refractivity contribution is 6.30. The maximum absolute atomic E-state index is 6.46. The van der Waals surface area contributed by atoms with Crippen LogP contribution in [0, 0.1) is 0 Å². The summed E-state index contributed by atoms with van der Waals surface area (Å²) in [5.41, 5.74) is 16.7. The number of halogens is 1. The summed E-state index contributed by atoms with van der Waals surface area (Å²) >= 11 is 6.25. The SMILES string of the molecule is CN(C)C=N/C=C/[C@H](N)/C1=C/C/C(=C/C=C\N)CCc2ccc(Cl)cc21. The average Bonchev–Trinajstić information content (AvgIpc) is 2.59. The molecule has 0 bridgehead atoms. The number of hydrogen-bond acceptors (Lipinski definition) is 3. The number of nitrogens with zero attached hydrogens (tertiary/aromatic N) is 2. The normalized spacial score (nSPS) is 20.2. The third-order valence-electron chi connectivity index (χ3n) is 4.16. The molecule has 4 N–H and O–H groups in total. The molecule has 4 nitrogen and oxygen atoms in total. The molecule has 0 amide bonds. The second kappa shape index (κ2) is 10.00. The van der Waals surface area contributed by atoms with Crippen molar-refractivity contribution in [3.8, 4) is 0 Å². The Morgan fingerprint density at radius 2 is 2.08 bits per heavy atom. The van der Waals surface area contributed by atoms with E-state index in [4.69, 9.17) is 23.1 Å². The summed E-state index contributed by atoms with van der Waals surface area (Å²) in [4.78, 5) is 6.11. The fourth-order valence-electron chi connectivity index (χ4n) is 2.86. The van der Waals surface area contributed by atoms with Gasteiger partial charge in [-0.15, -0.1) is 0 Å². The second-order valence-electron chi connectivity index (χ2n) is 6.47. The van der Waals surface area contributed by atoms with Crippen molar-refractivity contribution in [3.63, 3.8) is 0 Å². The van der Waals surface area contributed by atoms with Crippen LogP contribution in [0.4, 0.5) is 0 Å². The Morgan fingerprint density at radius 1 is 1.27 bits per heavy atom. The maximum Gasteiger partial charge on any atom is 0.0899 e. The molecule has 5 heteroatoms. The van der Waals surface area contributed by atoms with Gasteiger partial charge in [0.2, 0.25) is 0 Å². The fraction of sp³-hybridized carbons (Fsp3) is 0.286. The molecule has 1 aromatic carbocycles. The van der Waals surface area contributed by atoms with E-state index in [9.17, 15) is 0 Å². The molecule has 0 heterocycles. The van der Waals surface area contributed by atoms with Gasteiger partial charge >= 0.3 is 0 Å². The van der Waals surface area contributed by atoms with Gasteiger partial charge in [-0.3, -0.25) is 0 Å². The van der Waals surface area contributed by atoms with Crippen LogP contribution < -0.4 is 11.5 Å². The Kier molecular flexibility index (Phi) is 7.70. The van der Waals surface area contributed by atoms with Crippen LogP contribution in [0.3, 0.4) is 0 Å². The van der Waals surface area contributed by atoms with Gasteiger partial charge in [0.05, 0.1) is 12.4 Å². The van der Waals surface area contributed by atoms with Crippen LogP contribution in [-0.4, -0.2) is 31.4 Å². The van der Waals surface area contributed by atoms with Crippen molar-refractivity contribution in [3.05, 3.63) is 76.6 Å². The van der Waals surface area contributed by atoms with E-state index in [1.54, 1.807) is 18.7 Å². The number of benzene rings is 1. The van der Waals surface area contributed by atoms with Gasteiger partial charge in [0.1, 0.15) is 0 Å². The van der Waals surface area contributed by atoms with Crippen molar-refractivity contribution in [2.75, 3.05) is 14.1 Å². The lowest BCUT2D eigenvalue weighted by Crippen LogP contribution is -2.20. The molecular weight excluding hydrogens is 344 g/mol. The van der Waals surface area contributed by atoms with Crippen molar-refractivity contribution < 1.29 is 0 Å². The number of nitrogens with two attached hydrogens (primary N) is 2. The standard InChI is InChI=1S/C21H27ClN4/c1-26(2)15-25-13-11-21(24)19-10-6-16(4-3-12-23)5-7-17-8-9-18(22)14-20(17)19/h3-4,8-15,21H,5-7,23-24H2,1-2H3/b12-3-,13-11+,16-4+,19-10+,25-15?/t21-/m0/s1. The summed E-state index contributed by atoms with van der Waals surface area (Å²) in [5, 5.41) is 0.721. The molecule has 0 saturated heterocycles. The van der Waals surface area contributed by atoms with E-state index in [2.05, 4.69) is 23.2 Å². The van der Waals surface area contributed by atoms with Crippen LogP contribution >= 0.6 is 11.6 Å². The number of hydrogen-bond donors (Lipinski definition) is 2. The van der Waals surface area contributed by atoms with E-state index in [0.29, 0.717) is 0 Å². The van der Waals surface area contributed by atoms with Crippen LogP contribution in [0.5, 0.6) is 0 Å². The molecule has 0 radical (unpaired) electrons. The highest BCUT2D eigenvalue weighted by Gasteiger charge is 2.16. The maximum atomic E-state index is 6.46. The lowest BCUT2D eigenvalue weighted by atomic mass is 9.87. The molecule has 2 rings (SSSR count). The minimum atomic E-state index is -0.254. The summed E-state index contributed by atoms with van der Waals surface area (Å²) in [7, 11) is 3.85. The number of aryl methyl sites for hydroxylation is 1. The summed E-state index contributed by atoms with van der Waals surface area (Å²) in [6.45, 7) is 0. The highest BCUT2D eigenvalue weighted by atomic mass is 35.5. The van der Waals surface area contributed by atoms with Gasteiger partial charge in [0.25, 0.3) is 0 Å². The topological polar surface area (TPSA) is 67.6 Å². The predicted molar refractivity (Wildman–Crippen MR) is 113 cm³/mol. The van der Waals surface area contributed by atoms with Gasteiger partial charge in [0.15, 0.2) is 0 Å². The molecule has 0 saturated carbocycles. The van der Waals surface area contributed by atoms with E-state index >= 15 is 0 Å².